The Balaban J connectivity index is 1.81. The van der Waals surface area contributed by atoms with Gasteiger partial charge in [0.15, 0.2) is 0 Å². The van der Waals surface area contributed by atoms with Crippen LogP contribution < -0.4 is 5.73 Å². The first kappa shape index (κ1) is 11.6. The molecule has 3 aromatic rings. The Bertz CT molecular complexity index is 686. The molecule has 5 nitrogen and oxygen atoms in total. The average molecular weight is 270 g/mol. The van der Waals surface area contributed by atoms with Gasteiger partial charge in [-0.2, -0.15) is 0 Å². The van der Waals surface area contributed by atoms with E-state index in [0.717, 1.165) is 16.3 Å². The summed E-state index contributed by atoms with van der Waals surface area (Å²) in [6.07, 6.45) is 3.22. The van der Waals surface area contributed by atoms with Gasteiger partial charge in [0.05, 0.1) is 12.5 Å². The molecule has 0 fully saturated rings. The molecule has 3 rings (SSSR count). The Morgan fingerprint density at radius 1 is 1.16 bits per heavy atom. The molecular formula is C13H10N4OS. The first-order valence-electron chi connectivity index (χ1n) is 5.58. The molecule has 2 heterocycles. The van der Waals surface area contributed by atoms with Crippen LogP contribution in [0.1, 0.15) is 5.76 Å². The number of rotatable bonds is 3. The third kappa shape index (κ3) is 2.69. The molecule has 0 spiro atoms. The summed E-state index contributed by atoms with van der Waals surface area (Å²) in [6.45, 7) is 0. The molecule has 0 bridgehead atoms. The van der Waals surface area contributed by atoms with Crippen LogP contribution in [-0.2, 0) is 0 Å². The summed E-state index contributed by atoms with van der Waals surface area (Å²) < 4.78 is 5.15. The topological polar surface area (TPSA) is 77.3 Å². The molecule has 0 saturated carbocycles. The zero-order valence-corrected chi connectivity index (χ0v) is 10.7. The van der Waals surface area contributed by atoms with Crippen molar-refractivity contribution < 1.29 is 4.42 Å². The predicted molar refractivity (Wildman–Crippen MR) is 75.7 cm³/mol. The summed E-state index contributed by atoms with van der Waals surface area (Å²) in [5.41, 5.74) is 7.35. The number of aromatic nitrogens is 2. The molecule has 0 unspecified atom stereocenters. The van der Waals surface area contributed by atoms with Gasteiger partial charge >= 0.3 is 0 Å². The van der Waals surface area contributed by atoms with E-state index in [-0.39, 0.29) is 0 Å². The van der Waals surface area contributed by atoms with E-state index < -0.39 is 0 Å². The molecule has 2 N–H and O–H groups in total. The zero-order chi connectivity index (χ0) is 13.1. The highest BCUT2D eigenvalue weighted by molar-refractivity contribution is 7.18. The first-order chi connectivity index (χ1) is 9.31. The van der Waals surface area contributed by atoms with Crippen molar-refractivity contribution in [2.45, 2.75) is 0 Å². The van der Waals surface area contributed by atoms with Gasteiger partial charge in [-0.25, -0.2) is 4.99 Å². The highest BCUT2D eigenvalue weighted by atomic mass is 32.1. The van der Waals surface area contributed by atoms with Gasteiger partial charge in [0.2, 0.25) is 5.13 Å². The van der Waals surface area contributed by atoms with Crippen LogP contribution in [0.4, 0.5) is 10.8 Å². The Labute approximate surface area is 113 Å². The molecule has 94 valence electrons. The number of hydrogen-bond acceptors (Lipinski definition) is 6. The normalized spacial score (nSPS) is 11.2. The third-order valence-corrected chi connectivity index (χ3v) is 3.30. The van der Waals surface area contributed by atoms with Crippen LogP contribution in [0.15, 0.2) is 52.1 Å². The lowest BCUT2D eigenvalue weighted by Gasteiger charge is -1.94. The van der Waals surface area contributed by atoms with Gasteiger partial charge in [0.1, 0.15) is 10.8 Å². The minimum Gasteiger partial charge on any atom is -0.463 e. The molecule has 0 atom stereocenters. The summed E-state index contributed by atoms with van der Waals surface area (Å²) in [6, 6.07) is 11.1. The van der Waals surface area contributed by atoms with E-state index in [2.05, 4.69) is 15.2 Å². The Kier molecular flexibility index (Phi) is 3.07. The van der Waals surface area contributed by atoms with Gasteiger partial charge in [-0.3, -0.25) is 0 Å². The standard InChI is InChI=1S/C13H10N4OS/c14-10-5-3-9(4-6-10)12-16-17-13(19-12)15-8-11-2-1-7-18-11/h1-8H,14H2/b15-8+. The van der Waals surface area contributed by atoms with Crippen LogP contribution in [0.2, 0.25) is 0 Å². The molecule has 6 heteroatoms. The van der Waals surface area contributed by atoms with E-state index in [1.807, 2.05) is 30.3 Å². The number of anilines is 1. The van der Waals surface area contributed by atoms with Crippen molar-refractivity contribution in [3.05, 3.63) is 48.4 Å². The summed E-state index contributed by atoms with van der Waals surface area (Å²) in [7, 11) is 0. The van der Waals surface area contributed by atoms with Crippen molar-refractivity contribution in [3.63, 3.8) is 0 Å². The molecule has 1 aromatic carbocycles. The maximum atomic E-state index is 5.65. The van der Waals surface area contributed by atoms with Crippen LogP contribution in [0, 0.1) is 0 Å². The second kappa shape index (κ2) is 5.03. The van der Waals surface area contributed by atoms with Crippen molar-refractivity contribution in [1.29, 1.82) is 0 Å². The van der Waals surface area contributed by atoms with Gasteiger partial charge < -0.3 is 10.2 Å². The van der Waals surface area contributed by atoms with Crippen LogP contribution in [-0.4, -0.2) is 16.4 Å². The van der Waals surface area contributed by atoms with Crippen molar-refractivity contribution in [2.75, 3.05) is 5.73 Å². The highest BCUT2D eigenvalue weighted by Gasteiger charge is 2.05. The number of nitrogens with two attached hydrogens (primary N) is 1. The van der Waals surface area contributed by atoms with Crippen molar-refractivity contribution in [3.8, 4) is 10.6 Å². The number of nitrogens with zero attached hydrogens (tertiary/aromatic N) is 3. The number of aliphatic imine (C=N–C) groups is 1. The van der Waals surface area contributed by atoms with Gasteiger partial charge in [0, 0.05) is 11.3 Å². The Morgan fingerprint density at radius 2 is 2.00 bits per heavy atom. The summed E-state index contributed by atoms with van der Waals surface area (Å²) >= 11 is 1.41. The average Bonchev–Trinajstić information content (AvgIpc) is 3.09. The van der Waals surface area contributed by atoms with Crippen LogP contribution in [0.5, 0.6) is 0 Å². The lowest BCUT2D eigenvalue weighted by molar-refractivity contribution is 0.560. The molecule has 0 radical (unpaired) electrons. The van der Waals surface area contributed by atoms with E-state index in [1.165, 1.54) is 11.3 Å². The second-order valence-electron chi connectivity index (χ2n) is 3.79. The molecule has 0 saturated heterocycles. The van der Waals surface area contributed by atoms with Crippen molar-refractivity contribution in [1.82, 2.24) is 10.2 Å². The van der Waals surface area contributed by atoms with E-state index in [0.29, 0.717) is 10.9 Å². The predicted octanol–water partition coefficient (Wildman–Crippen LogP) is 3.13. The third-order valence-electron chi connectivity index (χ3n) is 2.42. The molecule has 0 aliphatic heterocycles. The Morgan fingerprint density at radius 3 is 2.74 bits per heavy atom. The van der Waals surface area contributed by atoms with Gasteiger partial charge in [-0.1, -0.05) is 11.3 Å². The lowest BCUT2D eigenvalue weighted by Crippen LogP contribution is -1.83. The fourth-order valence-corrected chi connectivity index (χ4v) is 2.19. The van der Waals surface area contributed by atoms with Gasteiger partial charge in [-0.15, -0.1) is 10.2 Å². The number of benzene rings is 1. The van der Waals surface area contributed by atoms with Crippen LogP contribution in [0.3, 0.4) is 0 Å². The van der Waals surface area contributed by atoms with E-state index in [4.69, 9.17) is 10.2 Å². The molecule has 19 heavy (non-hydrogen) atoms. The minimum absolute atomic E-state index is 0.586. The Hall–Kier alpha value is -2.47. The molecule has 2 aromatic heterocycles. The minimum atomic E-state index is 0.586. The maximum absolute atomic E-state index is 5.65. The van der Waals surface area contributed by atoms with Crippen LogP contribution in [0.25, 0.3) is 10.6 Å². The monoisotopic (exact) mass is 270 g/mol. The SMILES string of the molecule is Nc1ccc(-c2nnc(/N=C/c3ccco3)s2)cc1. The van der Waals surface area contributed by atoms with Crippen LogP contribution >= 0.6 is 11.3 Å². The molecule has 0 amide bonds. The van der Waals surface area contributed by atoms with E-state index in [9.17, 15) is 0 Å². The second-order valence-corrected chi connectivity index (χ2v) is 4.74. The lowest BCUT2D eigenvalue weighted by atomic mass is 10.2. The summed E-state index contributed by atoms with van der Waals surface area (Å²) in [5, 5.41) is 9.51. The zero-order valence-electron chi connectivity index (χ0n) is 9.85. The van der Waals surface area contributed by atoms with Crippen molar-refractivity contribution in [2.24, 2.45) is 4.99 Å². The van der Waals surface area contributed by atoms with E-state index in [1.54, 1.807) is 18.5 Å². The van der Waals surface area contributed by atoms with Gasteiger partial charge in [0.25, 0.3) is 0 Å². The van der Waals surface area contributed by atoms with Gasteiger partial charge in [-0.05, 0) is 36.4 Å². The first-order valence-corrected chi connectivity index (χ1v) is 6.40. The molecular weight excluding hydrogens is 260 g/mol. The smallest absolute Gasteiger partial charge is 0.232 e. The quantitative estimate of drug-likeness (QED) is 0.586. The largest absolute Gasteiger partial charge is 0.463 e. The number of nitrogen functional groups attached to an aromatic ring is 1. The number of hydrogen-bond donors (Lipinski definition) is 1. The number of furan rings is 1. The fraction of sp³-hybridized carbons (Fsp3) is 0. The summed E-state index contributed by atoms with van der Waals surface area (Å²) in [5.74, 6) is 0.684. The molecule has 0 aliphatic rings. The maximum Gasteiger partial charge on any atom is 0.232 e. The summed E-state index contributed by atoms with van der Waals surface area (Å²) in [4.78, 5) is 4.21. The highest BCUT2D eigenvalue weighted by Crippen LogP contribution is 2.28. The van der Waals surface area contributed by atoms with E-state index >= 15 is 0 Å². The fourth-order valence-electron chi connectivity index (χ4n) is 1.49. The van der Waals surface area contributed by atoms with Crippen molar-refractivity contribution >= 4 is 28.4 Å². The molecule has 0 aliphatic carbocycles.